The maximum Gasteiger partial charge on any atom is 0.387 e. The second kappa shape index (κ2) is 8.94. The Bertz CT molecular complexity index is 803. The van der Waals surface area contributed by atoms with Gasteiger partial charge in [0.15, 0.2) is 11.5 Å². The Morgan fingerprint density at radius 3 is 2.67 bits per heavy atom. The van der Waals surface area contributed by atoms with Crippen LogP contribution in [0.25, 0.3) is 0 Å². The van der Waals surface area contributed by atoms with E-state index in [1.807, 2.05) is 18.2 Å². The molecule has 0 aliphatic carbocycles. The number of para-hydroxylation sites is 2. The van der Waals surface area contributed by atoms with E-state index in [-0.39, 0.29) is 17.3 Å². The second-order valence-corrected chi connectivity index (χ2v) is 7.20. The average molecular weight is 395 g/mol. The summed E-state index contributed by atoms with van der Waals surface area (Å²) in [6, 6.07) is 11.6. The third-order valence-corrected chi connectivity index (χ3v) is 4.86. The van der Waals surface area contributed by atoms with Crippen LogP contribution in [0.4, 0.5) is 14.5 Å². The van der Waals surface area contributed by atoms with Gasteiger partial charge in [-0.05, 0) is 37.3 Å². The summed E-state index contributed by atoms with van der Waals surface area (Å²) in [5.74, 6) is 0.943. The molecule has 27 heavy (non-hydrogen) atoms. The molecule has 3 rings (SSSR count). The lowest BCUT2D eigenvalue weighted by Gasteiger charge is -2.15. The number of carbonyl (C=O) groups is 1. The van der Waals surface area contributed by atoms with E-state index in [9.17, 15) is 13.6 Å². The third kappa shape index (κ3) is 5.26. The number of carbonyl (C=O) groups excluding carboxylic acids is 1. The fourth-order valence-corrected chi connectivity index (χ4v) is 3.37. The van der Waals surface area contributed by atoms with Gasteiger partial charge in [-0.15, -0.1) is 11.8 Å². The number of rotatable bonds is 6. The van der Waals surface area contributed by atoms with Gasteiger partial charge in [-0.1, -0.05) is 12.1 Å². The molecular formula is C19H19F2NO4S. The molecule has 1 amide bonds. The first-order valence-electron chi connectivity index (χ1n) is 8.44. The lowest BCUT2D eigenvalue weighted by Crippen LogP contribution is -2.23. The Hall–Kier alpha value is -2.48. The van der Waals surface area contributed by atoms with Crippen LogP contribution in [0, 0.1) is 0 Å². The van der Waals surface area contributed by atoms with Crippen LogP contribution in [-0.4, -0.2) is 31.0 Å². The molecule has 2 aromatic carbocycles. The molecule has 5 nitrogen and oxygen atoms in total. The van der Waals surface area contributed by atoms with E-state index in [2.05, 4.69) is 10.1 Å². The van der Waals surface area contributed by atoms with Crippen molar-refractivity contribution in [3.8, 4) is 17.2 Å². The quantitative estimate of drug-likeness (QED) is 0.726. The van der Waals surface area contributed by atoms with E-state index in [4.69, 9.17) is 9.47 Å². The summed E-state index contributed by atoms with van der Waals surface area (Å²) in [6.07, 6.45) is 0.816. The predicted molar refractivity (Wildman–Crippen MR) is 99.1 cm³/mol. The molecule has 0 fully saturated rings. The van der Waals surface area contributed by atoms with Crippen molar-refractivity contribution in [3.63, 3.8) is 0 Å². The lowest BCUT2D eigenvalue weighted by atomic mass is 10.3. The fraction of sp³-hybridized carbons (Fsp3) is 0.316. The van der Waals surface area contributed by atoms with Gasteiger partial charge in [0.05, 0.1) is 24.2 Å². The van der Waals surface area contributed by atoms with Crippen LogP contribution in [-0.2, 0) is 4.79 Å². The molecule has 8 heteroatoms. The number of thioether (sulfide) groups is 1. The Labute approximate surface area is 160 Å². The van der Waals surface area contributed by atoms with Crippen LogP contribution in [0.15, 0.2) is 47.4 Å². The molecule has 1 atom stereocenters. The number of nitrogens with one attached hydrogen (secondary N) is 1. The number of anilines is 1. The SMILES string of the molecule is C[C@H](Sc1ccc2c(c1)OCCCO2)C(=O)Nc1ccccc1OC(F)F. The van der Waals surface area contributed by atoms with Gasteiger partial charge in [0.2, 0.25) is 5.91 Å². The normalized spacial score (nSPS) is 14.4. The van der Waals surface area contributed by atoms with Crippen molar-refractivity contribution in [1.82, 2.24) is 0 Å². The molecule has 144 valence electrons. The highest BCUT2D eigenvalue weighted by molar-refractivity contribution is 8.00. The number of hydrogen-bond acceptors (Lipinski definition) is 5. The highest BCUT2D eigenvalue weighted by atomic mass is 32.2. The minimum absolute atomic E-state index is 0.0753. The molecule has 0 saturated carbocycles. The second-order valence-electron chi connectivity index (χ2n) is 5.78. The van der Waals surface area contributed by atoms with Crippen LogP contribution in [0.2, 0.25) is 0 Å². The molecule has 1 aliphatic heterocycles. The van der Waals surface area contributed by atoms with E-state index in [0.29, 0.717) is 24.7 Å². The van der Waals surface area contributed by atoms with Crippen LogP contribution in [0.5, 0.6) is 17.2 Å². The van der Waals surface area contributed by atoms with Gasteiger partial charge < -0.3 is 19.5 Å². The van der Waals surface area contributed by atoms with Crippen LogP contribution in [0.3, 0.4) is 0 Å². The molecule has 2 aromatic rings. The molecular weight excluding hydrogens is 376 g/mol. The highest BCUT2D eigenvalue weighted by Gasteiger charge is 2.19. The standard InChI is InChI=1S/C19H19F2NO4S/c1-12(18(23)22-14-5-2-3-6-15(14)26-19(20)21)27-13-7-8-16-17(11-13)25-10-4-9-24-16/h2-3,5-8,11-12,19H,4,9-10H2,1H3,(H,22,23)/t12-/m0/s1. The van der Waals surface area contributed by atoms with Gasteiger partial charge in [-0.2, -0.15) is 8.78 Å². The topological polar surface area (TPSA) is 56.8 Å². The van der Waals surface area contributed by atoms with E-state index in [1.54, 1.807) is 19.1 Å². The monoisotopic (exact) mass is 395 g/mol. The molecule has 0 saturated heterocycles. The van der Waals surface area contributed by atoms with Crippen LogP contribution >= 0.6 is 11.8 Å². The van der Waals surface area contributed by atoms with E-state index in [0.717, 1.165) is 11.3 Å². The summed E-state index contributed by atoms with van der Waals surface area (Å²) in [7, 11) is 0. The van der Waals surface area contributed by atoms with Gasteiger partial charge in [0, 0.05) is 11.3 Å². The van der Waals surface area contributed by atoms with Crippen molar-refractivity contribution < 1.29 is 27.8 Å². The minimum Gasteiger partial charge on any atom is -0.490 e. The van der Waals surface area contributed by atoms with Crippen molar-refractivity contribution >= 4 is 23.4 Å². The molecule has 0 unspecified atom stereocenters. The summed E-state index contributed by atoms with van der Waals surface area (Å²) in [5, 5.41) is 2.17. The molecule has 0 radical (unpaired) electrons. The Kier molecular flexibility index (Phi) is 6.39. The maximum atomic E-state index is 12.5. The smallest absolute Gasteiger partial charge is 0.387 e. The van der Waals surface area contributed by atoms with E-state index >= 15 is 0 Å². The number of amides is 1. The fourth-order valence-electron chi connectivity index (χ4n) is 2.48. The zero-order valence-corrected chi connectivity index (χ0v) is 15.4. The highest BCUT2D eigenvalue weighted by Crippen LogP contribution is 2.35. The van der Waals surface area contributed by atoms with Crippen molar-refractivity contribution in [1.29, 1.82) is 0 Å². The van der Waals surface area contributed by atoms with Gasteiger partial charge >= 0.3 is 6.61 Å². The molecule has 1 aliphatic rings. The Morgan fingerprint density at radius 2 is 1.89 bits per heavy atom. The molecule has 0 bridgehead atoms. The Balaban J connectivity index is 1.65. The van der Waals surface area contributed by atoms with Gasteiger partial charge in [0.25, 0.3) is 0 Å². The van der Waals surface area contributed by atoms with Crippen molar-refractivity contribution in [2.24, 2.45) is 0 Å². The number of ether oxygens (including phenoxy) is 3. The van der Waals surface area contributed by atoms with Crippen LogP contribution < -0.4 is 19.5 Å². The zero-order valence-electron chi connectivity index (χ0n) is 14.6. The number of fused-ring (bicyclic) bond motifs is 1. The van der Waals surface area contributed by atoms with E-state index < -0.39 is 11.9 Å². The zero-order chi connectivity index (χ0) is 19.2. The Morgan fingerprint density at radius 1 is 1.15 bits per heavy atom. The largest absolute Gasteiger partial charge is 0.490 e. The first-order chi connectivity index (χ1) is 13.0. The summed E-state index contributed by atoms with van der Waals surface area (Å²) >= 11 is 1.33. The summed E-state index contributed by atoms with van der Waals surface area (Å²) in [4.78, 5) is 13.3. The van der Waals surface area contributed by atoms with E-state index in [1.165, 1.54) is 23.9 Å². The van der Waals surface area contributed by atoms with Crippen molar-refractivity contribution in [3.05, 3.63) is 42.5 Å². The molecule has 1 N–H and O–H groups in total. The summed E-state index contributed by atoms with van der Waals surface area (Å²) < 4.78 is 40.7. The van der Waals surface area contributed by atoms with Gasteiger partial charge in [-0.25, -0.2) is 0 Å². The summed E-state index contributed by atoms with van der Waals surface area (Å²) in [6.45, 7) is -0.0348. The summed E-state index contributed by atoms with van der Waals surface area (Å²) in [5.41, 5.74) is 0.203. The molecule has 0 aromatic heterocycles. The van der Waals surface area contributed by atoms with Gasteiger partial charge in [0.1, 0.15) is 5.75 Å². The third-order valence-electron chi connectivity index (χ3n) is 3.76. The van der Waals surface area contributed by atoms with Crippen LogP contribution in [0.1, 0.15) is 13.3 Å². The first-order valence-corrected chi connectivity index (χ1v) is 9.32. The van der Waals surface area contributed by atoms with Gasteiger partial charge in [-0.3, -0.25) is 4.79 Å². The lowest BCUT2D eigenvalue weighted by molar-refractivity contribution is -0.115. The molecule has 1 heterocycles. The number of alkyl halides is 2. The van der Waals surface area contributed by atoms with Crippen molar-refractivity contribution in [2.75, 3.05) is 18.5 Å². The number of benzene rings is 2. The minimum atomic E-state index is -2.96. The number of hydrogen-bond donors (Lipinski definition) is 1. The predicted octanol–water partition coefficient (Wildman–Crippen LogP) is 4.57. The maximum absolute atomic E-state index is 12.5. The molecule has 0 spiro atoms. The first kappa shape index (κ1) is 19.3. The number of halogens is 2. The van der Waals surface area contributed by atoms with Crippen molar-refractivity contribution in [2.45, 2.75) is 30.1 Å². The average Bonchev–Trinajstić information content (AvgIpc) is 2.87.